The average molecular weight is 236 g/mol. The zero-order valence-electron chi connectivity index (χ0n) is 9.40. The highest BCUT2D eigenvalue weighted by Crippen LogP contribution is 2.02. The van der Waals surface area contributed by atoms with Crippen LogP contribution >= 0.6 is 0 Å². The summed E-state index contributed by atoms with van der Waals surface area (Å²) in [6.07, 6.45) is 2.43. The van der Waals surface area contributed by atoms with Crippen LogP contribution in [0.2, 0.25) is 0 Å². The van der Waals surface area contributed by atoms with Gasteiger partial charge in [0.05, 0.1) is 6.61 Å². The third-order valence-electron chi connectivity index (χ3n) is 1.91. The molecule has 15 heavy (non-hydrogen) atoms. The first-order chi connectivity index (χ1) is 7.02. The summed E-state index contributed by atoms with van der Waals surface area (Å²) in [6, 6.07) is 0. The standard InChI is InChI=1S/C10H20O4S/c1-9(2)6-7-14-10(11)5-3-4-8-15(12)13/h9H,3-8H2,1-2H3,(H,12,13). The van der Waals surface area contributed by atoms with Gasteiger partial charge in [-0.25, -0.2) is 4.21 Å². The minimum atomic E-state index is -1.74. The first kappa shape index (κ1) is 14.6. The van der Waals surface area contributed by atoms with Gasteiger partial charge in [-0.15, -0.1) is 0 Å². The van der Waals surface area contributed by atoms with E-state index in [2.05, 4.69) is 13.8 Å². The molecule has 0 spiro atoms. The number of rotatable bonds is 8. The summed E-state index contributed by atoms with van der Waals surface area (Å²) in [5.41, 5.74) is 0. The second-order valence-electron chi connectivity index (χ2n) is 3.89. The number of carbonyl (C=O) groups excluding carboxylic acids is 1. The highest BCUT2D eigenvalue weighted by atomic mass is 32.2. The van der Waals surface area contributed by atoms with Crippen LogP contribution in [0.1, 0.15) is 39.5 Å². The van der Waals surface area contributed by atoms with Crippen molar-refractivity contribution < 1.29 is 18.3 Å². The Labute approximate surface area is 93.7 Å². The van der Waals surface area contributed by atoms with Gasteiger partial charge in [-0.05, 0) is 25.2 Å². The van der Waals surface area contributed by atoms with Crippen molar-refractivity contribution in [1.29, 1.82) is 0 Å². The normalized spacial score (nSPS) is 12.8. The molecule has 0 aliphatic rings. The van der Waals surface area contributed by atoms with Crippen LogP contribution < -0.4 is 0 Å². The smallest absolute Gasteiger partial charge is 0.305 e. The summed E-state index contributed by atoms with van der Waals surface area (Å²) in [6.45, 7) is 4.62. The van der Waals surface area contributed by atoms with Crippen molar-refractivity contribution in [3.63, 3.8) is 0 Å². The van der Waals surface area contributed by atoms with Crippen LogP contribution in [-0.4, -0.2) is 27.1 Å². The summed E-state index contributed by atoms with van der Waals surface area (Å²) >= 11 is -1.74. The molecular weight excluding hydrogens is 216 g/mol. The Balaban J connectivity index is 3.30. The van der Waals surface area contributed by atoms with Crippen LogP contribution in [-0.2, 0) is 20.6 Å². The number of hydrogen-bond acceptors (Lipinski definition) is 3. The van der Waals surface area contributed by atoms with Gasteiger partial charge < -0.3 is 9.29 Å². The van der Waals surface area contributed by atoms with E-state index in [0.717, 1.165) is 6.42 Å². The minimum absolute atomic E-state index is 0.209. The molecule has 0 amide bonds. The lowest BCUT2D eigenvalue weighted by atomic mass is 10.1. The van der Waals surface area contributed by atoms with Crippen molar-refractivity contribution in [3.8, 4) is 0 Å². The Morgan fingerprint density at radius 1 is 1.40 bits per heavy atom. The van der Waals surface area contributed by atoms with E-state index in [1.165, 1.54) is 0 Å². The van der Waals surface area contributed by atoms with E-state index < -0.39 is 11.1 Å². The van der Waals surface area contributed by atoms with Crippen molar-refractivity contribution in [2.45, 2.75) is 39.5 Å². The fourth-order valence-electron chi connectivity index (χ4n) is 0.976. The second-order valence-corrected chi connectivity index (χ2v) is 4.94. The van der Waals surface area contributed by atoms with Gasteiger partial charge in [0.1, 0.15) is 0 Å². The van der Waals surface area contributed by atoms with E-state index in [-0.39, 0.29) is 11.7 Å². The molecule has 0 radical (unpaired) electrons. The summed E-state index contributed by atoms with van der Waals surface area (Å²) < 4.78 is 23.7. The molecule has 1 N–H and O–H groups in total. The summed E-state index contributed by atoms with van der Waals surface area (Å²) in [4.78, 5) is 11.1. The molecule has 1 unspecified atom stereocenters. The molecule has 0 rings (SSSR count). The molecule has 0 fully saturated rings. The molecule has 0 saturated heterocycles. The van der Waals surface area contributed by atoms with E-state index in [0.29, 0.717) is 31.8 Å². The molecule has 0 aliphatic carbocycles. The number of esters is 1. The minimum Gasteiger partial charge on any atom is -0.466 e. The Hall–Kier alpha value is -0.420. The first-order valence-electron chi connectivity index (χ1n) is 5.25. The molecule has 4 nitrogen and oxygen atoms in total. The predicted octanol–water partition coefficient (Wildman–Crippen LogP) is 1.97. The fraction of sp³-hybridized carbons (Fsp3) is 0.900. The molecule has 5 heteroatoms. The highest BCUT2D eigenvalue weighted by molar-refractivity contribution is 7.79. The van der Waals surface area contributed by atoms with E-state index in [9.17, 15) is 9.00 Å². The lowest BCUT2D eigenvalue weighted by Gasteiger charge is -2.06. The van der Waals surface area contributed by atoms with Crippen LogP contribution in [0.3, 0.4) is 0 Å². The maximum atomic E-state index is 11.1. The molecular formula is C10H20O4S. The summed E-state index contributed by atoms with van der Waals surface area (Å²) in [7, 11) is 0. The SMILES string of the molecule is CC(C)CCOC(=O)CCCCS(=O)O. The third-order valence-corrected chi connectivity index (χ3v) is 2.55. The van der Waals surface area contributed by atoms with Gasteiger partial charge in [0.25, 0.3) is 0 Å². The van der Waals surface area contributed by atoms with Crippen molar-refractivity contribution >= 4 is 17.0 Å². The number of unbranched alkanes of at least 4 members (excludes halogenated alkanes) is 1. The van der Waals surface area contributed by atoms with Crippen molar-refractivity contribution in [2.75, 3.05) is 12.4 Å². The zero-order valence-corrected chi connectivity index (χ0v) is 10.2. The van der Waals surface area contributed by atoms with Gasteiger partial charge in [0.15, 0.2) is 11.1 Å². The van der Waals surface area contributed by atoms with Crippen LogP contribution in [0.25, 0.3) is 0 Å². The molecule has 0 bridgehead atoms. The number of hydrogen-bond donors (Lipinski definition) is 1. The van der Waals surface area contributed by atoms with Crippen LogP contribution in [0, 0.1) is 5.92 Å². The van der Waals surface area contributed by atoms with E-state index in [1.54, 1.807) is 0 Å². The lowest BCUT2D eigenvalue weighted by Crippen LogP contribution is -2.08. The maximum Gasteiger partial charge on any atom is 0.305 e. The van der Waals surface area contributed by atoms with Gasteiger partial charge in [-0.2, -0.15) is 0 Å². The monoisotopic (exact) mass is 236 g/mol. The molecule has 1 atom stereocenters. The molecule has 0 aromatic carbocycles. The third kappa shape index (κ3) is 11.5. The molecule has 0 aromatic rings. The van der Waals surface area contributed by atoms with E-state index in [4.69, 9.17) is 9.29 Å². The summed E-state index contributed by atoms with van der Waals surface area (Å²) in [5, 5.41) is 0. The van der Waals surface area contributed by atoms with Crippen LogP contribution in [0.15, 0.2) is 0 Å². The van der Waals surface area contributed by atoms with Crippen molar-refractivity contribution in [3.05, 3.63) is 0 Å². The van der Waals surface area contributed by atoms with E-state index >= 15 is 0 Å². The Kier molecular flexibility index (Phi) is 8.61. The zero-order chi connectivity index (χ0) is 11.7. The van der Waals surface area contributed by atoms with E-state index in [1.807, 2.05) is 0 Å². The lowest BCUT2D eigenvalue weighted by molar-refractivity contribution is -0.144. The topological polar surface area (TPSA) is 63.6 Å². The fourth-order valence-corrected chi connectivity index (χ4v) is 1.43. The van der Waals surface area contributed by atoms with Gasteiger partial charge >= 0.3 is 5.97 Å². The quantitative estimate of drug-likeness (QED) is 0.397. The molecule has 90 valence electrons. The largest absolute Gasteiger partial charge is 0.466 e. The number of carbonyl (C=O) groups is 1. The number of ether oxygens (including phenoxy) is 1. The van der Waals surface area contributed by atoms with Gasteiger partial charge in [-0.1, -0.05) is 13.8 Å². The summed E-state index contributed by atoms with van der Waals surface area (Å²) in [5.74, 6) is 0.563. The highest BCUT2D eigenvalue weighted by Gasteiger charge is 2.03. The molecule has 0 aliphatic heterocycles. The first-order valence-corrected chi connectivity index (χ1v) is 6.53. The van der Waals surface area contributed by atoms with Crippen LogP contribution in [0.4, 0.5) is 0 Å². The Morgan fingerprint density at radius 3 is 2.60 bits per heavy atom. The average Bonchev–Trinajstić information content (AvgIpc) is 2.11. The predicted molar refractivity (Wildman–Crippen MR) is 59.9 cm³/mol. The van der Waals surface area contributed by atoms with Crippen LogP contribution in [0.5, 0.6) is 0 Å². The van der Waals surface area contributed by atoms with Gasteiger partial charge in [0.2, 0.25) is 0 Å². The Bertz CT molecular complexity index is 204. The Morgan fingerprint density at radius 2 is 2.07 bits per heavy atom. The second kappa shape index (κ2) is 8.85. The molecule has 0 saturated carbocycles. The van der Waals surface area contributed by atoms with Gasteiger partial charge in [-0.3, -0.25) is 4.79 Å². The molecule has 0 aromatic heterocycles. The molecule has 0 heterocycles. The maximum absolute atomic E-state index is 11.1. The van der Waals surface area contributed by atoms with Crippen molar-refractivity contribution in [1.82, 2.24) is 0 Å². The van der Waals surface area contributed by atoms with Crippen molar-refractivity contribution in [2.24, 2.45) is 5.92 Å². The van der Waals surface area contributed by atoms with Gasteiger partial charge in [0, 0.05) is 12.2 Å².